The van der Waals surface area contributed by atoms with Gasteiger partial charge in [0.2, 0.25) is 0 Å². The molecule has 7 heteroatoms. The molecule has 1 N–H and O–H groups in total. The van der Waals surface area contributed by atoms with Crippen LogP contribution in [0.4, 0.5) is 0 Å². The highest BCUT2D eigenvalue weighted by molar-refractivity contribution is 7.90. The van der Waals surface area contributed by atoms with Crippen LogP contribution < -0.4 is 9.46 Å². The van der Waals surface area contributed by atoms with Crippen LogP contribution in [0.3, 0.4) is 0 Å². The van der Waals surface area contributed by atoms with Crippen LogP contribution in [-0.2, 0) is 10.0 Å². The van der Waals surface area contributed by atoms with Gasteiger partial charge in [-0.3, -0.25) is 9.71 Å². The van der Waals surface area contributed by atoms with Gasteiger partial charge in [0.05, 0.1) is 12.0 Å². The van der Waals surface area contributed by atoms with E-state index in [-0.39, 0.29) is 10.7 Å². The fraction of sp³-hybridized carbons (Fsp3) is 0.188. The summed E-state index contributed by atoms with van der Waals surface area (Å²) in [5, 5.41) is 0.474. The van der Waals surface area contributed by atoms with E-state index in [1.54, 1.807) is 31.4 Å². The highest BCUT2D eigenvalue weighted by atomic mass is 35.5. The SMILES string of the molecule is CCN=C(NS(=O)(=O)c1ccc(Cl)cc1)c1ccc(OC)cc1. The molecular weight excluding hydrogens is 336 g/mol. The summed E-state index contributed by atoms with van der Waals surface area (Å²) in [6.45, 7) is 2.28. The first-order valence-electron chi connectivity index (χ1n) is 6.93. The van der Waals surface area contributed by atoms with E-state index in [9.17, 15) is 8.42 Å². The first-order valence-corrected chi connectivity index (χ1v) is 8.79. The molecule has 5 nitrogen and oxygen atoms in total. The summed E-state index contributed by atoms with van der Waals surface area (Å²) in [6.07, 6.45) is 0. The number of benzene rings is 2. The largest absolute Gasteiger partial charge is 0.497 e. The molecule has 2 rings (SSSR count). The molecule has 0 bridgehead atoms. The van der Waals surface area contributed by atoms with Gasteiger partial charge >= 0.3 is 0 Å². The van der Waals surface area contributed by atoms with Gasteiger partial charge in [0.15, 0.2) is 0 Å². The van der Waals surface area contributed by atoms with Crippen molar-refractivity contribution in [3.8, 4) is 5.75 Å². The fourth-order valence-electron chi connectivity index (χ4n) is 1.89. The summed E-state index contributed by atoms with van der Waals surface area (Å²) in [7, 11) is -2.16. The Morgan fingerprint density at radius 2 is 1.74 bits per heavy atom. The molecule has 2 aromatic carbocycles. The molecular formula is C16H17ClN2O3S. The Balaban J connectivity index is 2.31. The molecule has 0 fully saturated rings. The molecule has 0 aliphatic heterocycles. The zero-order valence-electron chi connectivity index (χ0n) is 12.8. The standard InChI is InChI=1S/C16H17ClN2O3S/c1-3-18-16(12-4-8-14(22-2)9-5-12)19-23(20,21)15-10-6-13(17)7-11-15/h4-11H,3H2,1-2H3,(H,18,19). The lowest BCUT2D eigenvalue weighted by atomic mass is 10.2. The summed E-state index contributed by atoms with van der Waals surface area (Å²) in [4.78, 5) is 4.36. The third-order valence-electron chi connectivity index (χ3n) is 3.03. The lowest BCUT2D eigenvalue weighted by molar-refractivity contribution is 0.415. The minimum absolute atomic E-state index is 0.124. The van der Waals surface area contributed by atoms with Crippen molar-refractivity contribution in [2.24, 2.45) is 4.99 Å². The number of rotatable bonds is 5. The second-order valence-corrected chi connectivity index (χ2v) is 6.73. The van der Waals surface area contributed by atoms with Gasteiger partial charge in [0, 0.05) is 17.1 Å². The molecule has 0 saturated heterocycles. The summed E-state index contributed by atoms with van der Waals surface area (Å²) in [6, 6.07) is 12.9. The summed E-state index contributed by atoms with van der Waals surface area (Å²) in [5.41, 5.74) is 0.658. The van der Waals surface area contributed by atoms with Gasteiger partial charge in [-0.15, -0.1) is 0 Å². The van der Waals surface area contributed by atoms with Crippen molar-refractivity contribution < 1.29 is 13.2 Å². The van der Waals surface area contributed by atoms with Gasteiger partial charge in [0.25, 0.3) is 10.0 Å². The predicted octanol–water partition coefficient (Wildman–Crippen LogP) is 3.09. The number of amidine groups is 1. The van der Waals surface area contributed by atoms with E-state index in [0.29, 0.717) is 22.9 Å². The van der Waals surface area contributed by atoms with Crippen LogP contribution in [0.1, 0.15) is 12.5 Å². The maximum Gasteiger partial charge on any atom is 0.263 e. The Bertz CT molecular complexity index is 785. The monoisotopic (exact) mass is 352 g/mol. The van der Waals surface area contributed by atoms with E-state index in [1.165, 1.54) is 24.3 Å². The van der Waals surface area contributed by atoms with Crippen molar-refractivity contribution in [2.45, 2.75) is 11.8 Å². The Labute approximate surface area is 141 Å². The van der Waals surface area contributed by atoms with Crippen molar-refractivity contribution in [1.29, 1.82) is 0 Å². The zero-order chi connectivity index (χ0) is 16.9. The molecule has 0 spiro atoms. The normalized spacial score (nSPS) is 12.0. The molecule has 2 aromatic rings. The number of nitrogens with one attached hydrogen (secondary N) is 1. The highest BCUT2D eigenvalue weighted by Gasteiger charge is 2.17. The lowest BCUT2D eigenvalue weighted by Gasteiger charge is -2.12. The van der Waals surface area contributed by atoms with Crippen LogP contribution in [0.25, 0.3) is 0 Å². The lowest BCUT2D eigenvalue weighted by Crippen LogP contribution is -2.31. The van der Waals surface area contributed by atoms with Gasteiger partial charge < -0.3 is 4.74 Å². The van der Waals surface area contributed by atoms with E-state index in [0.717, 1.165) is 0 Å². The highest BCUT2D eigenvalue weighted by Crippen LogP contribution is 2.16. The molecule has 0 aliphatic carbocycles. The van der Waals surface area contributed by atoms with Crippen molar-refractivity contribution in [2.75, 3.05) is 13.7 Å². The number of nitrogens with zero attached hydrogens (tertiary/aromatic N) is 1. The van der Waals surface area contributed by atoms with Crippen molar-refractivity contribution in [3.05, 3.63) is 59.1 Å². The Morgan fingerprint density at radius 3 is 2.26 bits per heavy atom. The van der Waals surface area contributed by atoms with Crippen LogP contribution in [-0.4, -0.2) is 27.9 Å². The Hall–Kier alpha value is -2.05. The van der Waals surface area contributed by atoms with Gasteiger partial charge in [-0.2, -0.15) is 0 Å². The zero-order valence-corrected chi connectivity index (χ0v) is 14.4. The molecule has 0 atom stereocenters. The minimum atomic E-state index is -3.73. The molecule has 122 valence electrons. The van der Waals surface area contributed by atoms with E-state index < -0.39 is 10.0 Å². The number of hydrogen-bond donors (Lipinski definition) is 1. The average Bonchev–Trinajstić information content (AvgIpc) is 2.55. The second kappa shape index (κ2) is 7.48. The quantitative estimate of drug-likeness (QED) is 0.664. The summed E-state index contributed by atoms with van der Waals surface area (Å²) < 4.78 is 32.6. The molecule has 0 aromatic heterocycles. The summed E-state index contributed by atoms with van der Waals surface area (Å²) in [5.74, 6) is 0.968. The number of ether oxygens (including phenoxy) is 1. The van der Waals surface area contributed by atoms with E-state index in [1.807, 2.05) is 6.92 Å². The van der Waals surface area contributed by atoms with Gasteiger partial charge in [-0.25, -0.2) is 8.42 Å². The number of hydrogen-bond acceptors (Lipinski definition) is 4. The number of aliphatic imine (C=N–C) groups is 1. The Morgan fingerprint density at radius 1 is 1.13 bits per heavy atom. The Kier molecular flexibility index (Phi) is 5.63. The second-order valence-electron chi connectivity index (χ2n) is 4.61. The van der Waals surface area contributed by atoms with Gasteiger partial charge in [-0.1, -0.05) is 11.6 Å². The van der Waals surface area contributed by atoms with Crippen LogP contribution in [0.5, 0.6) is 5.75 Å². The minimum Gasteiger partial charge on any atom is -0.497 e. The number of halogens is 1. The first kappa shape index (κ1) is 17.3. The van der Waals surface area contributed by atoms with Crippen LogP contribution in [0.2, 0.25) is 5.02 Å². The van der Waals surface area contributed by atoms with E-state index >= 15 is 0 Å². The molecule has 0 amide bonds. The van der Waals surface area contributed by atoms with Crippen LogP contribution >= 0.6 is 11.6 Å². The molecule has 0 heterocycles. The number of sulfonamides is 1. The van der Waals surface area contributed by atoms with Crippen LogP contribution in [0, 0.1) is 0 Å². The van der Waals surface area contributed by atoms with E-state index in [4.69, 9.17) is 16.3 Å². The molecule has 0 saturated carbocycles. The van der Waals surface area contributed by atoms with Gasteiger partial charge in [-0.05, 0) is 55.5 Å². The maximum absolute atomic E-state index is 12.5. The van der Waals surface area contributed by atoms with Crippen molar-refractivity contribution in [3.63, 3.8) is 0 Å². The van der Waals surface area contributed by atoms with E-state index in [2.05, 4.69) is 9.71 Å². The fourth-order valence-corrected chi connectivity index (χ4v) is 3.06. The maximum atomic E-state index is 12.5. The summed E-state index contributed by atoms with van der Waals surface area (Å²) >= 11 is 5.79. The van der Waals surface area contributed by atoms with Crippen molar-refractivity contribution in [1.82, 2.24) is 4.72 Å². The van der Waals surface area contributed by atoms with Crippen LogP contribution in [0.15, 0.2) is 58.4 Å². The molecule has 0 unspecified atom stereocenters. The number of methoxy groups -OCH3 is 1. The van der Waals surface area contributed by atoms with Crippen molar-refractivity contribution >= 4 is 27.5 Å². The average molecular weight is 353 g/mol. The third-order valence-corrected chi connectivity index (χ3v) is 4.64. The predicted molar refractivity (Wildman–Crippen MR) is 91.8 cm³/mol. The molecule has 0 aliphatic rings. The topological polar surface area (TPSA) is 67.8 Å². The smallest absolute Gasteiger partial charge is 0.263 e. The first-order chi connectivity index (χ1) is 11.0. The van der Waals surface area contributed by atoms with Gasteiger partial charge in [0.1, 0.15) is 11.6 Å². The molecule has 23 heavy (non-hydrogen) atoms. The third kappa shape index (κ3) is 4.46. The molecule has 0 radical (unpaired) electrons.